The van der Waals surface area contributed by atoms with Gasteiger partial charge in [-0.2, -0.15) is 0 Å². The fraction of sp³-hybridized carbons (Fsp3) is 0.429. The molecule has 27 heavy (non-hydrogen) atoms. The highest BCUT2D eigenvalue weighted by atomic mass is 16.5. The van der Waals surface area contributed by atoms with Crippen molar-refractivity contribution in [2.24, 2.45) is 0 Å². The number of likely N-dealkylation sites (tertiary alicyclic amines) is 1. The molecule has 2 heterocycles. The first kappa shape index (κ1) is 17.8. The Kier molecular flexibility index (Phi) is 4.74. The minimum Gasteiger partial charge on any atom is -0.372 e. The normalized spacial score (nSPS) is 20.0. The first-order chi connectivity index (χ1) is 13.0. The molecule has 1 N–H and O–H groups in total. The number of carbonyl (C=O) groups excluding carboxylic acids is 2. The number of anilines is 1. The lowest BCUT2D eigenvalue weighted by atomic mass is 9.87. The molecule has 1 spiro atoms. The molecular formula is C21H25N3O3. The van der Waals surface area contributed by atoms with Gasteiger partial charge in [-0.05, 0) is 35.7 Å². The number of benzene rings is 2. The number of carbonyl (C=O) groups is 2. The molecule has 2 fully saturated rings. The summed E-state index contributed by atoms with van der Waals surface area (Å²) in [6.07, 6.45) is 1.79. The van der Waals surface area contributed by atoms with Crippen LogP contribution in [0.15, 0.2) is 42.5 Å². The first-order valence-corrected chi connectivity index (χ1v) is 9.47. The number of likely N-dealkylation sites (N-methyl/N-ethyl adjacent to an activating group) is 1. The van der Waals surface area contributed by atoms with E-state index in [1.54, 1.807) is 4.90 Å². The van der Waals surface area contributed by atoms with Crippen LogP contribution in [0.5, 0.6) is 0 Å². The summed E-state index contributed by atoms with van der Waals surface area (Å²) >= 11 is 0. The van der Waals surface area contributed by atoms with E-state index in [0.29, 0.717) is 45.5 Å². The van der Waals surface area contributed by atoms with Crippen LogP contribution in [0.3, 0.4) is 0 Å². The van der Waals surface area contributed by atoms with E-state index in [2.05, 4.69) is 11.4 Å². The summed E-state index contributed by atoms with van der Waals surface area (Å²) < 4.78 is 6.05. The van der Waals surface area contributed by atoms with Crippen LogP contribution in [0.25, 0.3) is 10.8 Å². The van der Waals surface area contributed by atoms with Gasteiger partial charge in [0.25, 0.3) is 0 Å². The summed E-state index contributed by atoms with van der Waals surface area (Å²) in [5.41, 5.74) is 0.378. The van der Waals surface area contributed by atoms with Gasteiger partial charge in [-0.1, -0.05) is 30.3 Å². The quantitative estimate of drug-likeness (QED) is 0.843. The predicted octanol–water partition coefficient (Wildman–Crippen LogP) is 3.09. The van der Waals surface area contributed by atoms with Gasteiger partial charge in [0.1, 0.15) is 0 Å². The fourth-order valence-corrected chi connectivity index (χ4v) is 3.89. The Hall–Kier alpha value is -2.60. The van der Waals surface area contributed by atoms with E-state index in [9.17, 15) is 9.59 Å². The zero-order valence-electron chi connectivity index (χ0n) is 15.6. The molecule has 2 aromatic carbocycles. The van der Waals surface area contributed by atoms with Crippen molar-refractivity contribution < 1.29 is 14.3 Å². The molecule has 2 aliphatic rings. The van der Waals surface area contributed by atoms with Crippen molar-refractivity contribution in [2.45, 2.75) is 24.9 Å². The van der Waals surface area contributed by atoms with E-state index >= 15 is 0 Å². The second-order valence-corrected chi connectivity index (χ2v) is 7.50. The van der Waals surface area contributed by atoms with Crippen LogP contribution in [-0.2, 0) is 9.53 Å². The van der Waals surface area contributed by atoms with E-state index in [-0.39, 0.29) is 11.9 Å². The average molecular weight is 367 g/mol. The summed E-state index contributed by atoms with van der Waals surface area (Å²) in [5.74, 6) is 0.126. The van der Waals surface area contributed by atoms with Crippen molar-refractivity contribution in [1.82, 2.24) is 9.80 Å². The lowest BCUT2D eigenvalue weighted by Crippen LogP contribution is -2.50. The predicted molar refractivity (Wildman–Crippen MR) is 105 cm³/mol. The van der Waals surface area contributed by atoms with Crippen LogP contribution in [0.2, 0.25) is 0 Å². The molecule has 0 aromatic heterocycles. The highest BCUT2D eigenvalue weighted by Crippen LogP contribution is 2.32. The van der Waals surface area contributed by atoms with Gasteiger partial charge in [0.2, 0.25) is 5.91 Å². The smallest absolute Gasteiger partial charge is 0.321 e. The van der Waals surface area contributed by atoms with E-state index in [1.165, 1.54) is 0 Å². The maximum atomic E-state index is 12.7. The molecular weight excluding hydrogens is 342 g/mol. The van der Waals surface area contributed by atoms with E-state index in [0.717, 1.165) is 16.5 Å². The highest BCUT2D eigenvalue weighted by Gasteiger charge is 2.40. The molecule has 0 radical (unpaired) electrons. The van der Waals surface area contributed by atoms with Gasteiger partial charge in [0, 0.05) is 32.4 Å². The average Bonchev–Trinajstić information content (AvgIpc) is 2.81. The van der Waals surface area contributed by atoms with Gasteiger partial charge in [0.05, 0.1) is 18.6 Å². The highest BCUT2D eigenvalue weighted by molar-refractivity contribution is 5.93. The second kappa shape index (κ2) is 7.19. The standard InChI is InChI=1S/C21H25N3O3/c1-23-12-13-27-21(15-19(23)25)8-10-24(11-9-21)20(26)22-18-7-6-16-4-2-3-5-17(16)14-18/h2-7,14H,8-13,15H2,1H3,(H,22,26). The number of hydrogen-bond acceptors (Lipinski definition) is 3. The Morgan fingerprint density at radius 3 is 2.59 bits per heavy atom. The number of urea groups is 1. The largest absolute Gasteiger partial charge is 0.372 e. The maximum Gasteiger partial charge on any atom is 0.321 e. The molecule has 0 saturated carbocycles. The van der Waals surface area contributed by atoms with Gasteiger partial charge in [-0.3, -0.25) is 4.79 Å². The van der Waals surface area contributed by atoms with Gasteiger partial charge < -0.3 is 19.9 Å². The third-order valence-electron chi connectivity index (χ3n) is 5.70. The van der Waals surface area contributed by atoms with Crippen molar-refractivity contribution in [2.75, 3.05) is 38.6 Å². The Morgan fingerprint density at radius 1 is 1.07 bits per heavy atom. The molecule has 0 atom stereocenters. The SMILES string of the molecule is CN1CCOC2(CCN(C(=O)Nc3ccc4ccccc4c3)CC2)CC1=O. The van der Waals surface area contributed by atoms with E-state index < -0.39 is 5.60 Å². The van der Waals surface area contributed by atoms with Crippen molar-refractivity contribution in [3.63, 3.8) is 0 Å². The molecule has 0 aliphatic carbocycles. The number of nitrogens with one attached hydrogen (secondary N) is 1. The molecule has 6 heteroatoms. The molecule has 2 saturated heterocycles. The van der Waals surface area contributed by atoms with Crippen molar-refractivity contribution in [1.29, 1.82) is 0 Å². The van der Waals surface area contributed by atoms with E-state index in [4.69, 9.17) is 4.74 Å². The topological polar surface area (TPSA) is 61.9 Å². The monoisotopic (exact) mass is 367 g/mol. The van der Waals surface area contributed by atoms with Crippen LogP contribution in [0.1, 0.15) is 19.3 Å². The van der Waals surface area contributed by atoms with Gasteiger partial charge in [-0.15, -0.1) is 0 Å². The number of fused-ring (bicyclic) bond motifs is 1. The molecule has 6 nitrogen and oxygen atoms in total. The van der Waals surface area contributed by atoms with Gasteiger partial charge in [0.15, 0.2) is 0 Å². The van der Waals surface area contributed by atoms with Crippen molar-refractivity contribution >= 4 is 28.4 Å². The number of nitrogens with zero attached hydrogens (tertiary/aromatic N) is 2. The third-order valence-corrected chi connectivity index (χ3v) is 5.70. The Labute approximate surface area is 159 Å². The Balaban J connectivity index is 1.38. The number of ether oxygens (including phenoxy) is 1. The van der Waals surface area contributed by atoms with Crippen LogP contribution in [-0.4, -0.2) is 60.6 Å². The summed E-state index contributed by atoms with van der Waals surface area (Å²) in [4.78, 5) is 28.4. The van der Waals surface area contributed by atoms with Crippen LogP contribution in [0, 0.1) is 0 Å². The molecule has 3 amide bonds. The van der Waals surface area contributed by atoms with E-state index in [1.807, 2.05) is 48.3 Å². The first-order valence-electron chi connectivity index (χ1n) is 9.47. The fourth-order valence-electron chi connectivity index (χ4n) is 3.89. The Bertz CT molecular complexity index is 859. The summed E-state index contributed by atoms with van der Waals surface area (Å²) in [7, 11) is 1.82. The summed E-state index contributed by atoms with van der Waals surface area (Å²) in [6.45, 7) is 2.38. The molecule has 4 rings (SSSR count). The minimum atomic E-state index is -0.415. The van der Waals surface area contributed by atoms with Crippen LogP contribution < -0.4 is 5.32 Å². The zero-order valence-corrected chi connectivity index (χ0v) is 15.6. The molecule has 0 unspecified atom stereocenters. The molecule has 2 aliphatic heterocycles. The number of piperidine rings is 1. The summed E-state index contributed by atoms with van der Waals surface area (Å²) in [6, 6.07) is 13.9. The van der Waals surface area contributed by atoms with Gasteiger partial charge >= 0.3 is 6.03 Å². The minimum absolute atomic E-state index is 0.0998. The van der Waals surface area contributed by atoms with Gasteiger partial charge in [-0.25, -0.2) is 4.79 Å². The Morgan fingerprint density at radius 2 is 1.81 bits per heavy atom. The number of rotatable bonds is 1. The number of amides is 3. The molecule has 2 aromatic rings. The number of hydrogen-bond donors (Lipinski definition) is 1. The molecule has 142 valence electrons. The zero-order chi connectivity index (χ0) is 18.9. The lowest BCUT2D eigenvalue weighted by Gasteiger charge is -2.40. The lowest BCUT2D eigenvalue weighted by molar-refractivity contribution is -0.134. The summed E-state index contributed by atoms with van der Waals surface area (Å²) in [5, 5.41) is 5.24. The second-order valence-electron chi connectivity index (χ2n) is 7.50. The van der Waals surface area contributed by atoms with Crippen molar-refractivity contribution in [3.8, 4) is 0 Å². The van der Waals surface area contributed by atoms with Crippen molar-refractivity contribution in [3.05, 3.63) is 42.5 Å². The molecule has 0 bridgehead atoms. The third kappa shape index (κ3) is 3.76. The van der Waals surface area contributed by atoms with Crippen LogP contribution >= 0.6 is 0 Å². The maximum absolute atomic E-state index is 12.7. The van der Waals surface area contributed by atoms with Crippen LogP contribution in [0.4, 0.5) is 10.5 Å².